The van der Waals surface area contributed by atoms with Gasteiger partial charge in [0.05, 0.1) is 6.26 Å². The van der Waals surface area contributed by atoms with Gasteiger partial charge in [-0.05, 0) is 41.8 Å². The summed E-state index contributed by atoms with van der Waals surface area (Å²) in [5.41, 5.74) is 3.53. The Morgan fingerprint density at radius 1 is 1.14 bits per heavy atom. The molecule has 0 spiro atoms. The Morgan fingerprint density at radius 3 is 2.50 bits per heavy atom. The van der Waals surface area contributed by atoms with Crippen LogP contribution < -0.4 is 5.32 Å². The van der Waals surface area contributed by atoms with Crippen LogP contribution >= 0.6 is 11.3 Å². The van der Waals surface area contributed by atoms with Gasteiger partial charge in [-0.3, -0.25) is 4.79 Å². The molecule has 28 heavy (non-hydrogen) atoms. The number of benzene rings is 2. The molecular weight excluding hydrogens is 394 g/mol. The number of thiazole rings is 1. The summed E-state index contributed by atoms with van der Waals surface area (Å²) >= 11 is 1.54. The largest absolute Gasteiger partial charge is 0.325 e. The van der Waals surface area contributed by atoms with Crippen molar-refractivity contribution in [1.82, 2.24) is 9.29 Å². The van der Waals surface area contributed by atoms with E-state index in [1.165, 1.54) is 4.31 Å². The molecule has 1 amide bonds. The third kappa shape index (κ3) is 3.84. The SMILES string of the molecule is CS(=O)(=O)N1Cc2ccccc2C[C@H]1C(=O)Nc1ccc(-c2nccs2)cc1. The number of aromatic nitrogens is 1. The van der Waals surface area contributed by atoms with E-state index >= 15 is 0 Å². The number of hydrogen-bond donors (Lipinski definition) is 1. The second kappa shape index (κ2) is 7.46. The van der Waals surface area contributed by atoms with Gasteiger partial charge in [0.2, 0.25) is 15.9 Å². The molecule has 0 saturated carbocycles. The van der Waals surface area contributed by atoms with E-state index in [9.17, 15) is 13.2 Å². The average Bonchev–Trinajstić information content (AvgIpc) is 3.21. The zero-order valence-corrected chi connectivity index (χ0v) is 16.8. The second-order valence-corrected chi connectivity index (χ2v) is 9.53. The van der Waals surface area contributed by atoms with Crippen molar-refractivity contribution in [2.45, 2.75) is 19.0 Å². The molecule has 2 heterocycles. The molecule has 1 aliphatic heterocycles. The Labute approximate surface area is 167 Å². The summed E-state index contributed by atoms with van der Waals surface area (Å²) in [6, 6.07) is 14.2. The Kier molecular flexibility index (Phi) is 5.01. The lowest BCUT2D eigenvalue weighted by atomic mass is 9.95. The van der Waals surface area contributed by atoms with Crippen LogP contribution in [0.2, 0.25) is 0 Å². The highest BCUT2D eigenvalue weighted by molar-refractivity contribution is 7.88. The lowest BCUT2D eigenvalue weighted by molar-refractivity contribution is -0.120. The van der Waals surface area contributed by atoms with Gasteiger partial charge in [-0.2, -0.15) is 4.31 Å². The Balaban J connectivity index is 1.56. The van der Waals surface area contributed by atoms with E-state index in [1.807, 2.05) is 41.8 Å². The van der Waals surface area contributed by atoms with E-state index in [2.05, 4.69) is 10.3 Å². The molecule has 0 radical (unpaired) electrons. The summed E-state index contributed by atoms with van der Waals surface area (Å²) in [4.78, 5) is 17.2. The van der Waals surface area contributed by atoms with Crippen molar-refractivity contribution in [2.75, 3.05) is 11.6 Å². The summed E-state index contributed by atoms with van der Waals surface area (Å²) in [5, 5.41) is 5.67. The number of rotatable bonds is 4. The molecule has 0 bridgehead atoms. The molecule has 1 aromatic heterocycles. The van der Waals surface area contributed by atoms with Gasteiger partial charge in [-0.25, -0.2) is 13.4 Å². The van der Waals surface area contributed by atoms with E-state index in [1.54, 1.807) is 29.7 Å². The van der Waals surface area contributed by atoms with Crippen molar-refractivity contribution in [2.24, 2.45) is 0 Å². The van der Waals surface area contributed by atoms with Crippen molar-refractivity contribution in [1.29, 1.82) is 0 Å². The maximum atomic E-state index is 12.9. The quantitative estimate of drug-likeness (QED) is 0.713. The maximum Gasteiger partial charge on any atom is 0.243 e. The van der Waals surface area contributed by atoms with E-state index in [-0.39, 0.29) is 12.5 Å². The maximum absolute atomic E-state index is 12.9. The summed E-state index contributed by atoms with van der Waals surface area (Å²) in [5.74, 6) is -0.332. The van der Waals surface area contributed by atoms with Crippen LogP contribution in [0.1, 0.15) is 11.1 Å². The Morgan fingerprint density at radius 2 is 1.86 bits per heavy atom. The lowest BCUT2D eigenvalue weighted by Gasteiger charge is -2.34. The molecule has 1 N–H and O–H groups in total. The fourth-order valence-corrected chi connectivity index (χ4v) is 5.01. The summed E-state index contributed by atoms with van der Waals surface area (Å²) in [7, 11) is -3.53. The van der Waals surface area contributed by atoms with Crippen LogP contribution in [-0.4, -0.2) is 35.9 Å². The molecule has 8 heteroatoms. The highest BCUT2D eigenvalue weighted by Gasteiger charge is 2.36. The molecule has 2 aromatic carbocycles. The predicted octanol–water partition coefficient (Wildman–Crippen LogP) is 3.14. The number of sulfonamides is 1. The number of carbonyl (C=O) groups excluding carboxylic acids is 1. The molecule has 6 nitrogen and oxygen atoms in total. The first-order chi connectivity index (χ1) is 13.4. The number of anilines is 1. The van der Waals surface area contributed by atoms with Gasteiger partial charge < -0.3 is 5.32 Å². The zero-order valence-electron chi connectivity index (χ0n) is 15.2. The molecule has 144 valence electrons. The number of hydrogen-bond acceptors (Lipinski definition) is 5. The first-order valence-corrected chi connectivity index (χ1v) is 11.5. The molecule has 1 atom stereocenters. The molecule has 0 saturated heterocycles. The first kappa shape index (κ1) is 18.8. The average molecular weight is 414 g/mol. The number of amides is 1. The van der Waals surface area contributed by atoms with Crippen molar-refractivity contribution in [3.05, 3.63) is 71.2 Å². The third-order valence-corrected chi connectivity index (χ3v) is 6.82. The molecular formula is C20H19N3O3S2. The monoisotopic (exact) mass is 413 g/mol. The lowest BCUT2D eigenvalue weighted by Crippen LogP contribution is -2.50. The molecule has 0 unspecified atom stereocenters. The topological polar surface area (TPSA) is 79.4 Å². The normalized spacial score (nSPS) is 17.1. The number of fused-ring (bicyclic) bond motifs is 1. The van der Waals surface area contributed by atoms with Gasteiger partial charge in [0.15, 0.2) is 0 Å². The smallest absolute Gasteiger partial charge is 0.243 e. The van der Waals surface area contributed by atoms with Gasteiger partial charge in [-0.1, -0.05) is 24.3 Å². The van der Waals surface area contributed by atoms with Gasteiger partial charge in [0.1, 0.15) is 11.0 Å². The highest BCUT2D eigenvalue weighted by atomic mass is 32.2. The van der Waals surface area contributed by atoms with Crippen LogP contribution in [0.15, 0.2) is 60.1 Å². The van der Waals surface area contributed by atoms with Crippen LogP contribution in [0.25, 0.3) is 10.6 Å². The Hall–Kier alpha value is -2.55. The molecule has 1 aliphatic rings. The minimum Gasteiger partial charge on any atom is -0.325 e. The van der Waals surface area contributed by atoms with E-state index in [4.69, 9.17) is 0 Å². The summed E-state index contributed by atoms with van der Waals surface area (Å²) in [6.45, 7) is 0.204. The van der Waals surface area contributed by atoms with Crippen LogP contribution in [0.4, 0.5) is 5.69 Å². The van der Waals surface area contributed by atoms with Gasteiger partial charge >= 0.3 is 0 Å². The van der Waals surface area contributed by atoms with E-state index < -0.39 is 16.1 Å². The first-order valence-electron chi connectivity index (χ1n) is 8.76. The summed E-state index contributed by atoms with van der Waals surface area (Å²) in [6.07, 6.45) is 3.24. The van der Waals surface area contributed by atoms with Crippen LogP contribution in [-0.2, 0) is 27.8 Å². The minimum absolute atomic E-state index is 0.204. The van der Waals surface area contributed by atoms with Crippen LogP contribution in [0.3, 0.4) is 0 Å². The summed E-state index contributed by atoms with van der Waals surface area (Å²) < 4.78 is 25.8. The molecule has 0 fully saturated rings. The minimum atomic E-state index is -3.53. The van der Waals surface area contributed by atoms with Gasteiger partial charge in [-0.15, -0.1) is 11.3 Å². The predicted molar refractivity (Wildman–Crippen MR) is 111 cm³/mol. The molecule has 4 rings (SSSR count). The molecule has 0 aliphatic carbocycles. The number of nitrogens with one attached hydrogen (secondary N) is 1. The van der Waals surface area contributed by atoms with E-state index in [0.717, 1.165) is 28.0 Å². The van der Waals surface area contributed by atoms with Crippen molar-refractivity contribution in [3.63, 3.8) is 0 Å². The Bertz CT molecular complexity index is 1090. The molecule has 3 aromatic rings. The number of carbonyl (C=O) groups is 1. The third-order valence-electron chi connectivity index (χ3n) is 4.77. The zero-order chi connectivity index (χ0) is 19.7. The highest BCUT2D eigenvalue weighted by Crippen LogP contribution is 2.27. The van der Waals surface area contributed by atoms with E-state index in [0.29, 0.717) is 12.1 Å². The van der Waals surface area contributed by atoms with Gasteiger partial charge in [0, 0.05) is 29.4 Å². The fourth-order valence-electron chi connectivity index (χ4n) is 3.36. The van der Waals surface area contributed by atoms with Crippen molar-refractivity contribution in [3.8, 4) is 10.6 Å². The standard InChI is InChI=1S/C20H19N3O3S2/c1-28(25,26)23-13-16-5-3-2-4-15(16)12-18(23)19(24)22-17-8-6-14(7-9-17)20-21-10-11-27-20/h2-11,18H,12-13H2,1H3,(H,22,24)/t18-/m0/s1. The van der Waals surface area contributed by atoms with Gasteiger partial charge in [0.25, 0.3) is 0 Å². The van der Waals surface area contributed by atoms with Crippen LogP contribution in [0.5, 0.6) is 0 Å². The van der Waals surface area contributed by atoms with Crippen molar-refractivity contribution < 1.29 is 13.2 Å². The second-order valence-electron chi connectivity index (χ2n) is 6.70. The van der Waals surface area contributed by atoms with Crippen molar-refractivity contribution >= 4 is 33.0 Å². The fraction of sp³-hybridized carbons (Fsp3) is 0.200. The van der Waals surface area contributed by atoms with Crippen LogP contribution in [0, 0.1) is 0 Å². The number of nitrogens with zero attached hydrogens (tertiary/aromatic N) is 2.